The van der Waals surface area contributed by atoms with Gasteiger partial charge in [0, 0.05) is 6.54 Å². The van der Waals surface area contributed by atoms with Gasteiger partial charge in [-0.05, 0) is 43.4 Å². The molecule has 170 valence electrons. The summed E-state index contributed by atoms with van der Waals surface area (Å²) >= 11 is 1.24. The molecule has 0 atom stereocenters. The number of thiophene rings is 1. The molecule has 10 heteroatoms. The Balaban J connectivity index is 1.75. The van der Waals surface area contributed by atoms with Crippen LogP contribution in [0.4, 0.5) is 0 Å². The van der Waals surface area contributed by atoms with Gasteiger partial charge in [-0.15, -0.1) is 11.3 Å². The highest BCUT2D eigenvalue weighted by Gasteiger charge is 2.54. The van der Waals surface area contributed by atoms with Crippen LogP contribution in [-0.2, 0) is 23.3 Å². The number of para-hydroxylation sites is 1. The van der Waals surface area contributed by atoms with Crippen LogP contribution in [0, 0.1) is 6.92 Å². The molecule has 0 saturated heterocycles. The highest BCUT2D eigenvalue weighted by molar-refractivity contribution is 7.22. The van der Waals surface area contributed by atoms with Gasteiger partial charge in [-0.3, -0.25) is 9.36 Å². The molecule has 5 rings (SSSR count). The second-order valence-electron chi connectivity index (χ2n) is 8.05. The minimum Gasteiger partial charge on any atom is -0.496 e. The van der Waals surface area contributed by atoms with Crippen molar-refractivity contribution in [1.29, 1.82) is 0 Å². The molecule has 1 aromatic carbocycles. The first-order chi connectivity index (χ1) is 15.9. The Bertz CT molecular complexity index is 1490. The quantitative estimate of drug-likeness (QED) is 0.444. The number of fused-ring (bicyclic) bond motifs is 1. The van der Waals surface area contributed by atoms with Crippen LogP contribution in [0.5, 0.6) is 5.75 Å². The third-order valence-corrected chi connectivity index (χ3v) is 7.49. The molecule has 0 spiro atoms. The maximum Gasteiger partial charge on any atom is 0.333 e. The van der Waals surface area contributed by atoms with Crippen LogP contribution in [0.2, 0.25) is 0 Å². The summed E-state index contributed by atoms with van der Waals surface area (Å²) in [6.45, 7) is 2.01. The zero-order valence-electron chi connectivity index (χ0n) is 18.0. The zero-order valence-corrected chi connectivity index (χ0v) is 18.8. The Morgan fingerprint density at radius 2 is 2.06 bits per heavy atom. The summed E-state index contributed by atoms with van der Waals surface area (Å²) in [6, 6.07) is 7.50. The molecule has 0 bridgehead atoms. The summed E-state index contributed by atoms with van der Waals surface area (Å²) in [5.41, 5.74) is -1.19. The van der Waals surface area contributed by atoms with E-state index in [1.165, 1.54) is 28.4 Å². The number of aryl methyl sites for hydroxylation is 3. The van der Waals surface area contributed by atoms with E-state index in [0.717, 1.165) is 10.1 Å². The van der Waals surface area contributed by atoms with Crippen molar-refractivity contribution in [3.05, 3.63) is 68.7 Å². The molecule has 33 heavy (non-hydrogen) atoms. The number of nitrogens with zero attached hydrogens (tertiary/aromatic N) is 3. The summed E-state index contributed by atoms with van der Waals surface area (Å²) in [4.78, 5) is 44.4. The second-order valence-corrected chi connectivity index (χ2v) is 9.05. The molecule has 4 aromatic rings. The Hall–Kier alpha value is -3.66. The lowest BCUT2D eigenvalue weighted by Gasteiger charge is -2.17. The summed E-state index contributed by atoms with van der Waals surface area (Å²) in [5.74, 6) is -0.122. The third kappa shape index (κ3) is 3.20. The van der Waals surface area contributed by atoms with E-state index < -0.39 is 22.8 Å². The average molecular weight is 468 g/mol. The van der Waals surface area contributed by atoms with Crippen LogP contribution < -0.4 is 16.0 Å². The predicted octanol–water partition coefficient (Wildman–Crippen LogP) is 3.01. The van der Waals surface area contributed by atoms with Gasteiger partial charge in [-0.2, -0.15) is 0 Å². The van der Waals surface area contributed by atoms with Gasteiger partial charge in [0.2, 0.25) is 5.89 Å². The van der Waals surface area contributed by atoms with E-state index in [1.54, 1.807) is 14.0 Å². The molecule has 1 aliphatic carbocycles. The molecular formula is C23H21N3O6S. The van der Waals surface area contributed by atoms with Gasteiger partial charge in [0.05, 0.1) is 23.6 Å². The monoisotopic (exact) mass is 467 g/mol. The second kappa shape index (κ2) is 7.73. The summed E-state index contributed by atoms with van der Waals surface area (Å²) in [7, 11) is 1.58. The van der Waals surface area contributed by atoms with Crippen molar-refractivity contribution >= 4 is 27.5 Å². The maximum atomic E-state index is 13.6. The molecule has 0 amide bonds. The fourth-order valence-corrected chi connectivity index (χ4v) is 5.51. The lowest BCUT2D eigenvalue weighted by Crippen LogP contribution is -2.48. The van der Waals surface area contributed by atoms with Crippen LogP contribution in [-0.4, -0.2) is 32.3 Å². The number of ether oxygens (including phenoxy) is 1. The summed E-state index contributed by atoms with van der Waals surface area (Å²) < 4.78 is 13.3. The Kier molecular flexibility index (Phi) is 4.97. The van der Waals surface area contributed by atoms with Gasteiger partial charge < -0.3 is 14.3 Å². The lowest BCUT2D eigenvalue weighted by atomic mass is 10.1. The molecule has 0 unspecified atom stereocenters. The van der Waals surface area contributed by atoms with Crippen LogP contribution >= 0.6 is 11.3 Å². The molecule has 3 heterocycles. The SMILES string of the molecule is COc1ccccc1CCn1c(=O)n(C2(C(=O)O)CC2)c(=O)c2c(C)c(-c3ncco3)sc21. The molecule has 3 aromatic heterocycles. The average Bonchev–Trinajstić information content (AvgIpc) is 3.27. The highest BCUT2D eigenvalue weighted by atomic mass is 32.1. The van der Waals surface area contributed by atoms with E-state index in [0.29, 0.717) is 38.7 Å². The first kappa shape index (κ1) is 21.2. The van der Waals surface area contributed by atoms with Crippen LogP contribution in [0.25, 0.3) is 21.0 Å². The van der Waals surface area contributed by atoms with Gasteiger partial charge in [0.15, 0.2) is 0 Å². The normalized spacial score (nSPS) is 14.5. The first-order valence-electron chi connectivity index (χ1n) is 10.4. The van der Waals surface area contributed by atoms with Gasteiger partial charge in [-0.25, -0.2) is 19.1 Å². The fourth-order valence-electron chi connectivity index (χ4n) is 4.25. The molecule has 0 aliphatic heterocycles. The Morgan fingerprint density at radius 1 is 1.30 bits per heavy atom. The number of methoxy groups -OCH3 is 1. The van der Waals surface area contributed by atoms with E-state index in [4.69, 9.17) is 9.15 Å². The van der Waals surface area contributed by atoms with Crippen molar-refractivity contribution < 1.29 is 19.1 Å². The van der Waals surface area contributed by atoms with Crippen molar-refractivity contribution in [2.75, 3.05) is 7.11 Å². The van der Waals surface area contributed by atoms with Crippen molar-refractivity contribution in [3.8, 4) is 16.5 Å². The molecule has 1 saturated carbocycles. The van der Waals surface area contributed by atoms with Gasteiger partial charge in [0.1, 0.15) is 22.4 Å². The van der Waals surface area contributed by atoms with E-state index >= 15 is 0 Å². The minimum atomic E-state index is -1.49. The molecule has 1 fully saturated rings. The number of aromatic nitrogens is 3. The van der Waals surface area contributed by atoms with E-state index in [-0.39, 0.29) is 19.4 Å². The summed E-state index contributed by atoms with van der Waals surface area (Å²) in [6.07, 6.45) is 3.89. The first-order valence-corrected chi connectivity index (χ1v) is 11.3. The Morgan fingerprint density at radius 3 is 2.70 bits per heavy atom. The van der Waals surface area contributed by atoms with Gasteiger partial charge in [-0.1, -0.05) is 18.2 Å². The molecular weight excluding hydrogens is 446 g/mol. The number of rotatable bonds is 7. The summed E-state index contributed by atoms with van der Waals surface area (Å²) in [5, 5.41) is 10.1. The third-order valence-electron chi connectivity index (χ3n) is 6.19. The molecule has 9 nitrogen and oxygen atoms in total. The minimum absolute atomic E-state index is 0.241. The zero-order chi connectivity index (χ0) is 23.3. The predicted molar refractivity (Wildman–Crippen MR) is 122 cm³/mol. The largest absolute Gasteiger partial charge is 0.496 e. The molecule has 1 aliphatic rings. The Labute approximate surface area is 191 Å². The lowest BCUT2D eigenvalue weighted by molar-refractivity contribution is -0.142. The van der Waals surface area contributed by atoms with E-state index in [9.17, 15) is 19.5 Å². The molecule has 0 radical (unpaired) electrons. The number of hydrogen-bond acceptors (Lipinski definition) is 7. The van der Waals surface area contributed by atoms with Crippen molar-refractivity contribution in [2.24, 2.45) is 0 Å². The number of hydrogen-bond donors (Lipinski definition) is 1. The smallest absolute Gasteiger partial charge is 0.333 e. The van der Waals surface area contributed by atoms with Crippen LogP contribution in [0.15, 0.2) is 50.7 Å². The molecule has 1 N–H and O–H groups in total. The number of carboxylic acid groups (broad SMARTS) is 1. The number of carboxylic acids is 1. The highest BCUT2D eigenvalue weighted by Crippen LogP contribution is 2.43. The van der Waals surface area contributed by atoms with E-state index in [1.807, 2.05) is 24.3 Å². The maximum absolute atomic E-state index is 13.6. The van der Waals surface area contributed by atoms with Crippen LogP contribution in [0.1, 0.15) is 24.0 Å². The number of aliphatic carboxylic acids is 1. The standard InChI is InChI=1S/C23H21N3O6S/c1-13-16-19(27)26(23(8-9-23)21(28)29)22(30)25(11-7-14-5-3-4-6-15(14)31-2)20(16)33-17(13)18-24-10-12-32-18/h3-6,10,12H,7-9,11H2,1-2H3,(H,28,29). The van der Waals surface area contributed by atoms with Crippen molar-refractivity contribution in [3.63, 3.8) is 0 Å². The number of benzene rings is 1. The van der Waals surface area contributed by atoms with E-state index in [2.05, 4.69) is 4.98 Å². The van der Waals surface area contributed by atoms with Crippen molar-refractivity contribution in [2.45, 2.75) is 38.3 Å². The fraction of sp³-hybridized carbons (Fsp3) is 0.304. The van der Waals surface area contributed by atoms with Gasteiger partial charge >= 0.3 is 11.7 Å². The van der Waals surface area contributed by atoms with Crippen molar-refractivity contribution in [1.82, 2.24) is 14.1 Å². The van der Waals surface area contributed by atoms with Crippen LogP contribution in [0.3, 0.4) is 0 Å². The van der Waals surface area contributed by atoms with Gasteiger partial charge in [0.25, 0.3) is 5.56 Å². The number of oxazole rings is 1. The topological polar surface area (TPSA) is 117 Å². The number of carbonyl (C=O) groups is 1.